The number of halogens is 1. The highest BCUT2D eigenvalue weighted by molar-refractivity contribution is 6.17. The van der Waals surface area contributed by atoms with E-state index in [1.54, 1.807) is 19.2 Å². The van der Waals surface area contributed by atoms with Crippen LogP contribution in [0, 0.1) is 0 Å². The molecule has 5 nitrogen and oxygen atoms in total. The summed E-state index contributed by atoms with van der Waals surface area (Å²) in [4.78, 5) is 8.09. The lowest BCUT2D eigenvalue weighted by Gasteiger charge is -2.11. The number of ether oxygens (including phenoxy) is 2. The summed E-state index contributed by atoms with van der Waals surface area (Å²) in [6, 6.07) is 3.57. The van der Waals surface area contributed by atoms with Crippen LogP contribution in [0.1, 0.15) is 6.42 Å². The Labute approximate surface area is 110 Å². The molecule has 0 spiro atoms. The number of aromatic nitrogens is 2. The smallest absolute Gasteiger partial charge is 0.163 e. The van der Waals surface area contributed by atoms with E-state index in [2.05, 4.69) is 9.97 Å². The molecule has 2 rings (SSSR count). The molecule has 6 heteroatoms. The van der Waals surface area contributed by atoms with Crippen LogP contribution in [0.15, 0.2) is 18.5 Å². The molecule has 0 fully saturated rings. The van der Waals surface area contributed by atoms with E-state index in [0.717, 1.165) is 17.3 Å². The van der Waals surface area contributed by atoms with Crippen LogP contribution in [-0.2, 0) is 0 Å². The standard InChI is InChI=1S/C12H14ClN3O2/c1-17-10-5-8-9(15-7-16-12(8)14)6-11(10)18-4-2-3-13/h5-7H,2-4H2,1H3,(H2,14,15,16). The van der Waals surface area contributed by atoms with Gasteiger partial charge in [0.1, 0.15) is 12.1 Å². The first kappa shape index (κ1) is 12.7. The molecule has 18 heavy (non-hydrogen) atoms. The molecule has 1 aromatic heterocycles. The monoisotopic (exact) mass is 267 g/mol. The maximum atomic E-state index is 5.79. The normalized spacial score (nSPS) is 10.6. The Morgan fingerprint density at radius 1 is 1.28 bits per heavy atom. The molecule has 0 atom stereocenters. The zero-order valence-corrected chi connectivity index (χ0v) is 10.8. The zero-order valence-electron chi connectivity index (χ0n) is 10.0. The van der Waals surface area contributed by atoms with Gasteiger partial charge in [-0.1, -0.05) is 0 Å². The van der Waals surface area contributed by atoms with Gasteiger partial charge in [0, 0.05) is 17.3 Å². The summed E-state index contributed by atoms with van der Waals surface area (Å²) < 4.78 is 10.9. The molecular weight excluding hydrogens is 254 g/mol. The first-order chi connectivity index (χ1) is 8.76. The fourth-order valence-electron chi connectivity index (χ4n) is 1.59. The van der Waals surface area contributed by atoms with Gasteiger partial charge < -0.3 is 15.2 Å². The molecule has 0 amide bonds. The molecule has 96 valence electrons. The van der Waals surface area contributed by atoms with Gasteiger partial charge in [-0.05, 0) is 12.5 Å². The van der Waals surface area contributed by atoms with E-state index in [1.165, 1.54) is 6.33 Å². The van der Waals surface area contributed by atoms with E-state index >= 15 is 0 Å². The molecule has 1 heterocycles. The van der Waals surface area contributed by atoms with Crippen LogP contribution in [0.25, 0.3) is 10.9 Å². The van der Waals surface area contributed by atoms with Crippen LogP contribution >= 0.6 is 11.6 Å². The molecule has 1 aromatic carbocycles. The van der Waals surface area contributed by atoms with Gasteiger partial charge in [0.25, 0.3) is 0 Å². The molecule has 0 unspecified atom stereocenters. The van der Waals surface area contributed by atoms with E-state index in [0.29, 0.717) is 29.8 Å². The number of nitrogen functional groups attached to an aromatic ring is 1. The molecule has 0 aliphatic rings. The number of hydrogen-bond acceptors (Lipinski definition) is 5. The van der Waals surface area contributed by atoms with Crippen LogP contribution in [0.3, 0.4) is 0 Å². The topological polar surface area (TPSA) is 70.3 Å². The Balaban J connectivity index is 2.39. The molecule has 2 aromatic rings. The Morgan fingerprint density at radius 3 is 2.83 bits per heavy atom. The largest absolute Gasteiger partial charge is 0.493 e. The molecule has 0 saturated heterocycles. The van der Waals surface area contributed by atoms with Crippen molar-refractivity contribution in [2.75, 3.05) is 25.3 Å². The van der Waals surface area contributed by atoms with Crippen LogP contribution < -0.4 is 15.2 Å². The minimum absolute atomic E-state index is 0.422. The van der Waals surface area contributed by atoms with E-state index in [4.69, 9.17) is 26.8 Å². The average molecular weight is 268 g/mol. The number of nitrogens with zero attached hydrogens (tertiary/aromatic N) is 2. The lowest BCUT2D eigenvalue weighted by Crippen LogP contribution is -2.01. The number of nitrogens with two attached hydrogens (primary N) is 1. The fourth-order valence-corrected chi connectivity index (χ4v) is 1.70. The first-order valence-electron chi connectivity index (χ1n) is 5.53. The quantitative estimate of drug-likeness (QED) is 0.664. The molecule has 2 N–H and O–H groups in total. The van der Waals surface area contributed by atoms with Crippen LogP contribution in [0.5, 0.6) is 11.5 Å². The number of fused-ring (bicyclic) bond motifs is 1. The third-order valence-electron chi connectivity index (χ3n) is 2.49. The third kappa shape index (κ3) is 2.56. The van der Waals surface area contributed by atoms with Crippen LogP contribution in [0.2, 0.25) is 0 Å². The highest BCUT2D eigenvalue weighted by atomic mass is 35.5. The highest BCUT2D eigenvalue weighted by Crippen LogP contribution is 2.33. The second kappa shape index (κ2) is 5.73. The fraction of sp³-hybridized carbons (Fsp3) is 0.333. The minimum Gasteiger partial charge on any atom is -0.493 e. The predicted molar refractivity (Wildman–Crippen MR) is 71.3 cm³/mol. The van der Waals surface area contributed by atoms with Crippen molar-refractivity contribution in [3.63, 3.8) is 0 Å². The van der Waals surface area contributed by atoms with Gasteiger partial charge in [-0.15, -0.1) is 11.6 Å². The van der Waals surface area contributed by atoms with Gasteiger partial charge in [0.2, 0.25) is 0 Å². The first-order valence-corrected chi connectivity index (χ1v) is 6.06. The SMILES string of the molecule is COc1cc2c(N)ncnc2cc1OCCCCl. The van der Waals surface area contributed by atoms with Crippen molar-refractivity contribution in [1.82, 2.24) is 9.97 Å². The number of alkyl halides is 1. The zero-order chi connectivity index (χ0) is 13.0. The van der Waals surface area contributed by atoms with E-state index in [1.807, 2.05) is 0 Å². The maximum Gasteiger partial charge on any atom is 0.163 e. The summed E-state index contributed by atoms with van der Waals surface area (Å²) in [5.41, 5.74) is 6.51. The Kier molecular flexibility index (Phi) is 4.04. The van der Waals surface area contributed by atoms with Crippen LogP contribution in [-0.4, -0.2) is 29.6 Å². The van der Waals surface area contributed by atoms with Crippen molar-refractivity contribution in [3.05, 3.63) is 18.5 Å². The summed E-state index contributed by atoms with van der Waals surface area (Å²) in [6.45, 7) is 0.534. The molecule has 0 aliphatic heterocycles. The third-order valence-corrected chi connectivity index (χ3v) is 2.75. The average Bonchev–Trinajstić information content (AvgIpc) is 2.39. The van der Waals surface area contributed by atoms with Gasteiger partial charge in [-0.3, -0.25) is 0 Å². The summed E-state index contributed by atoms with van der Waals surface area (Å²) in [5, 5.41) is 0.749. The minimum atomic E-state index is 0.422. The van der Waals surface area contributed by atoms with Crippen molar-refractivity contribution in [1.29, 1.82) is 0 Å². The van der Waals surface area contributed by atoms with E-state index in [9.17, 15) is 0 Å². The summed E-state index contributed by atoms with van der Waals surface area (Å²) in [5.74, 6) is 2.22. The molecule has 0 saturated carbocycles. The van der Waals surface area contributed by atoms with E-state index < -0.39 is 0 Å². The second-order valence-electron chi connectivity index (χ2n) is 3.67. The van der Waals surface area contributed by atoms with Crippen molar-refractivity contribution < 1.29 is 9.47 Å². The summed E-state index contributed by atoms with van der Waals surface area (Å²) >= 11 is 5.61. The van der Waals surface area contributed by atoms with Gasteiger partial charge in [0.05, 0.1) is 19.2 Å². The number of rotatable bonds is 5. The number of benzene rings is 1. The Hall–Kier alpha value is -1.75. The number of methoxy groups -OCH3 is 1. The van der Waals surface area contributed by atoms with Crippen LogP contribution in [0.4, 0.5) is 5.82 Å². The summed E-state index contributed by atoms with van der Waals surface area (Å²) in [7, 11) is 1.58. The lowest BCUT2D eigenvalue weighted by atomic mass is 10.2. The van der Waals surface area contributed by atoms with E-state index in [-0.39, 0.29) is 0 Å². The van der Waals surface area contributed by atoms with Gasteiger partial charge in [-0.25, -0.2) is 9.97 Å². The Bertz CT molecular complexity index is 548. The van der Waals surface area contributed by atoms with Gasteiger partial charge in [-0.2, -0.15) is 0 Å². The molecule has 0 aliphatic carbocycles. The van der Waals surface area contributed by atoms with Crippen molar-refractivity contribution >= 4 is 28.3 Å². The summed E-state index contributed by atoms with van der Waals surface area (Å²) in [6.07, 6.45) is 2.20. The maximum absolute atomic E-state index is 5.79. The molecule has 0 bridgehead atoms. The van der Waals surface area contributed by atoms with Crippen molar-refractivity contribution in [3.8, 4) is 11.5 Å². The van der Waals surface area contributed by atoms with Crippen molar-refractivity contribution in [2.45, 2.75) is 6.42 Å². The highest BCUT2D eigenvalue weighted by Gasteiger charge is 2.09. The van der Waals surface area contributed by atoms with Gasteiger partial charge >= 0.3 is 0 Å². The predicted octanol–water partition coefficient (Wildman–Crippen LogP) is 2.23. The Morgan fingerprint density at radius 2 is 2.11 bits per heavy atom. The number of hydrogen-bond donors (Lipinski definition) is 1. The van der Waals surface area contributed by atoms with Crippen molar-refractivity contribution in [2.24, 2.45) is 0 Å². The molecule has 0 radical (unpaired) electrons. The lowest BCUT2D eigenvalue weighted by molar-refractivity contribution is 0.295. The number of anilines is 1. The van der Waals surface area contributed by atoms with Gasteiger partial charge in [0.15, 0.2) is 11.5 Å². The molecular formula is C12H14ClN3O2. The second-order valence-corrected chi connectivity index (χ2v) is 4.05.